The number of anilines is 1. The smallest absolute Gasteiger partial charge is 0.251 e. The lowest BCUT2D eigenvalue weighted by Gasteiger charge is -2.15. The summed E-state index contributed by atoms with van der Waals surface area (Å²) in [6.45, 7) is 6.06. The van der Waals surface area contributed by atoms with E-state index < -0.39 is 23.2 Å². The van der Waals surface area contributed by atoms with E-state index in [2.05, 4.69) is 19.2 Å². The summed E-state index contributed by atoms with van der Waals surface area (Å²) in [5.41, 5.74) is 4.53. The van der Waals surface area contributed by atoms with Gasteiger partial charge >= 0.3 is 0 Å². The molecule has 5 heteroatoms. The Kier molecular flexibility index (Phi) is 5.27. The zero-order chi connectivity index (χ0) is 14.6. The fraction of sp³-hybridized carbons (Fsp3) is 0.500. The van der Waals surface area contributed by atoms with Crippen molar-refractivity contribution in [2.75, 3.05) is 5.73 Å². The summed E-state index contributed by atoms with van der Waals surface area (Å²) in [5, 5.41) is 2.71. The van der Waals surface area contributed by atoms with Gasteiger partial charge in [-0.3, -0.25) is 4.79 Å². The number of hydrogen-bond donors (Lipinski definition) is 2. The van der Waals surface area contributed by atoms with Crippen LogP contribution in [-0.4, -0.2) is 11.9 Å². The Hall–Kier alpha value is -1.65. The monoisotopic (exact) mass is 270 g/mol. The highest BCUT2D eigenvalue weighted by Gasteiger charge is 2.15. The van der Waals surface area contributed by atoms with Gasteiger partial charge < -0.3 is 11.1 Å². The van der Waals surface area contributed by atoms with Crippen LogP contribution in [0, 0.1) is 17.6 Å². The molecule has 3 N–H and O–H groups in total. The van der Waals surface area contributed by atoms with Gasteiger partial charge in [-0.2, -0.15) is 0 Å². The number of hydrogen-bond acceptors (Lipinski definition) is 2. The van der Waals surface area contributed by atoms with Crippen LogP contribution in [0.15, 0.2) is 12.1 Å². The molecule has 0 aliphatic carbocycles. The largest absolute Gasteiger partial charge is 0.394 e. The van der Waals surface area contributed by atoms with Gasteiger partial charge in [-0.05, 0) is 37.8 Å². The lowest BCUT2D eigenvalue weighted by atomic mass is 10.0. The van der Waals surface area contributed by atoms with E-state index in [0.717, 1.165) is 25.0 Å². The Morgan fingerprint density at radius 2 is 1.74 bits per heavy atom. The second-order valence-corrected chi connectivity index (χ2v) is 5.20. The Morgan fingerprint density at radius 3 is 2.21 bits per heavy atom. The number of carbonyl (C=O) groups is 1. The topological polar surface area (TPSA) is 55.1 Å². The van der Waals surface area contributed by atoms with E-state index in [1.807, 2.05) is 6.92 Å². The SMILES string of the molecule is CC(C)CCC(C)NC(=O)c1cc(F)c(N)c(F)c1. The van der Waals surface area contributed by atoms with E-state index in [4.69, 9.17) is 5.73 Å². The molecule has 19 heavy (non-hydrogen) atoms. The maximum absolute atomic E-state index is 13.2. The normalized spacial score (nSPS) is 12.5. The molecule has 1 rings (SSSR count). The van der Waals surface area contributed by atoms with Crippen LogP contribution in [0.5, 0.6) is 0 Å². The molecule has 1 amide bonds. The molecule has 0 spiro atoms. The van der Waals surface area contributed by atoms with E-state index in [9.17, 15) is 13.6 Å². The summed E-state index contributed by atoms with van der Waals surface area (Å²) in [7, 11) is 0. The Morgan fingerprint density at radius 1 is 1.21 bits per heavy atom. The predicted octanol–water partition coefficient (Wildman–Crippen LogP) is 3.10. The Labute approximate surface area is 112 Å². The van der Waals surface area contributed by atoms with Gasteiger partial charge in [0.1, 0.15) is 17.3 Å². The molecule has 0 fully saturated rings. The van der Waals surface area contributed by atoms with E-state index in [1.165, 1.54) is 0 Å². The molecule has 0 aromatic heterocycles. The number of benzene rings is 1. The van der Waals surface area contributed by atoms with Crippen molar-refractivity contribution in [1.29, 1.82) is 0 Å². The molecular formula is C14H20F2N2O. The van der Waals surface area contributed by atoms with Crippen molar-refractivity contribution in [2.24, 2.45) is 5.92 Å². The molecule has 1 aromatic rings. The van der Waals surface area contributed by atoms with Crippen molar-refractivity contribution < 1.29 is 13.6 Å². The van der Waals surface area contributed by atoms with Crippen LogP contribution in [-0.2, 0) is 0 Å². The minimum atomic E-state index is -0.917. The Bertz CT molecular complexity index is 438. The molecule has 0 saturated heterocycles. The van der Waals surface area contributed by atoms with Crippen molar-refractivity contribution in [3.8, 4) is 0 Å². The fourth-order valence-corrected chi connectivity index (χ4v) is 1.68. The van der Waals surface area contributed by atoms with Gasteiger partial charge in [-0.15, -0.1) is 0 Å². The minimum absolute atomic E-state index is 0.0430. The van der Waals surface area contributed by atoms with Gasteiger partial charge in [0.15, 0.2) is 0 Å². The van der Waals surface area contributed by atoms with E-state index >= 15 is 0 Å². The van der Waals surface area contributed by atoms with Gasteiger partial charge in [-0.25, -0.2) is 8.78 Å². The minimum Gasteiger partial charge on any atom is -0.394 e. The van der Waals surface area contributed by atoms with Gasteiger partial charge in [0.25, 0.3) is 5.91 Å². The molecule has 0 radical (unpaired) electrons. The van der Waals surface area contributed by atoms with Crippen LogP contribution >= 0.6 is 0 Å². The third kappa shape index (κ3) is 4.50. The third-order valence-corrected chi connectivity index (χ3v) is 2.90. The molecule has 0 saturated carbocycles. The first-order chi connectivity index (χ1) is 8.81. The van der Waals surface area contributed by atoms with Gasteiger partial charge in [-0.1, -0.05) is 13.8 Å². The summed E-state index contributed by atoms with van der Waals surface area (Å²) in [4.78, 5) is 11.8. The Balaban J connectivity index is 2.68. The van der Waals surface area contributed by atoms with Crippen LogP contribution in [0.25, 0.3) is 0 Å². The number of halogens is 2. The molecule has 3 nitrogen and oxygen atoms in total. The maximum atomic E-state index is 13.2. The quantitative estimate of drug-likeness (QED) is 0.808. The summed E-state index contributed by atoms with van der Waals surface area (Å²) >= 11 is 0. The van der Waals surface area contributed by atoms with Crippen LogP contribution in [0.3, 0.4) is 0 Å². The standard InChI is InChI=1S/C14H20F2N2O/c1-8(2)4-5-9(3)18-14(19)10-6-11(15)13(17)12(16)7-10/h6-9H,4-5,17H2,1-3H3,(H,18,19). The molecule has 106 valence electrons. The summed E-state index contributed by atoms with van der Waals surface area (Å²) in [6, 6.07) is 1.85. The highest BCUT2D eigenvalue weighted by Crippen LogP contribution is 2.17. The lowest BCUT2D eigenvalue weighted by molar-refractivity contribution is 0.0936. The van der Waals surface area contributed by atoms with Crippen LogP contribution in [0.1, 0.15) is 44.0 Å². The van der Waals surface area contributed by atoms with Crippen molar-refractivity contribution in [3.05, 3.63) is 29.3 Å². The number of nitrogens with one attached hydrogen (secondary N) is 1. The van der Waals surface area contributed by atoms with E-state index in [0.29, 0.717) is 5.92 Å². The molecule has 0 aliphatic heterocycles. The molecule has 0 aliphatic rings. The average molecular weight is 270 g/mol. The van der Waals surface area contributed by atoms with Crippen LogP contribution in [0.2, 0.25) is 0 Å². The molecular weight excluding hydrogens is 250 g/mol. The van der Waals surface area contributed by atoms with Crippen LogP contribution < -0.4 is 11.1 Å². The highest BCUT2D eigenvalue weighted by molar-refractivity contribution is 5.94. The first kappa shape index (κ1) is 15.4. The number of nitrogens with two attached hydrogens (primary N) is 1. The average Bonchev–Trinajstić information content (AvgIpc) is 2.32. The molecule has 1 aromatic carbocycles. The second kappa shape index (κ2) is 6.50. The second-order valence-electron chi connectivity index (χ2n) is 5.20. The lowest BCUT2D eigenvalue weighted by Crippen LogP contribution is -2.32. The van der Waals surface area contributed by atoms with E-state index in [-0.39, 0.29) is 11.6 Å². The first-order valence-electron chi connectivity index (χ1n) is 6.36. The summed E-state index contributed by atoms with van der Waals surface area (Å²) in [6.07, 6.45) is 1.80. The zero-order valence-electron chi connectivity index (χ0n) is 11.5. The fourth-order valence-electron chi connectivity index (χ4n) is 1.68. The van der Waals surface area contributed by atoms with Crippen molar-refractivity contribution >= 4 is 11.6 Å². The summed E-state index contributed by atoms with van der Waals surface area (Å²) in [5.74, 6) is -1.78. The van der Waals surface area contributed by atoms with Crippen LogP contribution in [0.4, 0.5) is 14.5 Å². The highest BCUT2D eigenvalue weighted by atomic mass is 19.1. The van der Waals surface area contributed by atoms with Gasteiger partial charge in [0.05, 0.1) is 0 Å². The molecule has 1 unspecified atom stereocenters. The molecule has 0 heterocycles. The summed E-state index contributed by atoms with van der Waals surface area (Å²) < 4.78 is 26.5. The third-order valence-electron chi connectivity index (χ3n) is 2.90. The number of carbonyl (C=O) groups excluding carboxylic acids is 1. The molecule has 0 bridgehead atoms. The van der Waals surface area contributed by atoms with Gasteiger partial charge in [0, 0.05) is 11.6 Å². The zero-order valence-corrected chi connectivity index (χ0v) is 11.5. The van der Waals surface area contributed by atoms with Gasteiger partial charge in [0.2, 0.25) is 0 Å². The van der Waals surface area contributed by atoms with Crippen molar-refractivity contribution in [3.63, 3.8) is 0 Å². The first-order valence-corrected chi connectivity index (χ1v) is 6.36. The number of rotatable bonds is 5. The predicted molar refractivity (Wildman–Crippen MR) is 71.8 cm³/mol. The number of amides is 1. The maximum Gasteiger partial charge on any atom is 0.251 e. The van der Waals surface area contributed by atoms with Crippen molar-refractivity contribution in [2.45, 2.75) is 39.7 Å². The molecule has 1 atom stereocenters. The van der Waals surface area contributed by atoms with E-state index in [1.54, 1.807) is 0 Å². The number of nitrogen functional groups attached to an aromatic ring is 1. The van der Waals surface area contributed by atoms with Crippen molar-refractivity contribution in [1.82, 2.24) is 5.32 Å².